The van der Waals surface area contributed by atoms with Crippen molar-refractivity contribution in [3.63, 3.8) is 0 Å². The third-order valence-electron chi connectivity index (χ3n) is 4.00. The van der Waals surface area contributed by atoms with Gasteiger partial charge < -0.3 is 5.32 Å². The van der Waals surface area contributed by atoms with Crippen LogP contribution >= 0.6 is 0 Å². The van der Waals surface area contributed by atoms with Gasteiger partial charge >= 0.3 is 6.18 Å². The van der Waals surface area contributed by atoms with E-state index in [0.29, 0.717) is 31.2 Å². The van der Waals surface area contributed by atoms with Crippen LogP contribution in [0.2, 0.25) is 0 Å². The second-order valence-electron chi connectivity index (χ2n) is 5.94. The first-order valence-electron chi connectivity index (χ1n) is 7.56. The fraction of sp³-hybridized carbons (Fsp3) is 0.533. The lowest BCUT2D eigenvalue weighted by molar-refractivity contribution is -0.137. The molecule has 1 N–H and O–H groups in total. The normalized spacial score (nSPS) is 17.5. The SMILES string of the molecule is N#CC1(NC(=O)CS(=O)(=O)c2ccc(C(F)(F)F)cn2)CCCCC1. The third kappa shape index (κ3) is 4.69. The molecule has 2 rings (SSSR count). The highest BCUT2D eigenvalue weighted by molar-refractivity contribution is 7.92. The van der Waals surface area contributed by atoms with Crippen LogP contribution in [0, 0.1) is 11.3 Å². The maximum absolute atomic E-state index is 12.5. The minimum atomic E-state index is -4.63. The molecule has 10 heteroatoms. The Morgan fingerprint density at radius 2 is 1.92 bits per heavy atom. The molecule has 1 fully saturated rings. The van der Waals surface area contributed by atoms with E-state index in [4.69, 9.17) is 0 Å². The van der Waals surface area contributed by atoms with E-state index < -0.39 is 43.8 Å². The van der Waals surface area contributed by atoms with Crippen molar-refractivity contribution in [2.45, 2.75) is 48.8 Å². The molecule has 0 aliphatic heterocycles. The zero-order valence-corrected chi connectivity index (χ0v) is 14.0. The maximum atomic E-state index is 12.5. The topological polar surface area (TPSA) is 99.9 Å². The van der Waals surface area contributed by atoms with Crippen molar-refractivity contribution in [2.24, 2.45) is 0 Å². The Morgan fingerprint density at radius 3 is 2.40 bits per heavy atom. The summed E-state index contributed by atoms with van der Waals surface area (Å²) < 4.78 is 61.8. The van der Waals surface area contributed by atoms with Crippen molar-refractivity contribution in [1.82, 2.24) is 10.3 Å². The van der Waals surface area contributed by atoms with Crippen LogP contribution < -0.4 is 5.32 Å². The van der Waals surface area contributed by atoms with Crippen LogP contribution in [0.1, 0.15) is 37.7 Å². The Kier molecular flexibility index (Phi) is 5.37. The molecule has 1 amide bonds. The van der Waals surface area contributed by atoms with E-state index in [2.05, 4.69) is 10.3 Å². The standard InChI is InChI=1S/C15H16F3N3O3S/c16-15(17,18)11-4-5-13(20-8-11)25(23,24)9-12(22)21-14(10-19)6-2-1-3-7-14/h4-5,8H,1-3,6-7,9H2,(H,21,22). The van der Waals surface area contributed by atoms with E-state index in [0.717, 1.165) is 19.3 Å². The summed E-state index contributed by atoms with van der Waals surface area (Å²) in [6.07, 6.45) is -0.910. The van der Waals surface area contributed by atoms with E-state index in [1.165, 1.54) is 0 Å². The number of carbonyl (C=O) groups excluding carboxylic acids is 1. The molecule has 1 aromatic heterocycles. The number of rotatable bonds is 4. The van der Waals surface area contributed by atoms with Gasteiger partial charge in [-0.25, -0.2) is 13.4 Å². The van der Waals surface area contributed by atoms with Crippen molar-refractivity contribution >= 4 is 15.7 Å². The molecule has 0 bridgehead atoms. The van der Waals surface area contributed by atoms with Gasteiger partial charge in [-0.3, -0.25) is 4.79 Å². The van der Waals surface area contributed by atoms with Crippen LogP contribution in [0.5, 0.6) is 0 Å². The monoisotopic (exact) mass is 375 g/mol. The van der Waals surface area contributed by atoms with E-state index in [1.807, 2.05) is 6.07 Å². The second kappa shape index (κ2) is 7.00. The summed E-state index contributed by atoms with van der Waals surface area (Å²) in [6, 6.07) is 3.34. The zero-order chi connectivity index (χ0) is 18.7. The number of aromatic nitrogens is 1. The number of alkyl halides is 3. The molecule has 25 heavy (non-hydrogen) atoms. The van der Waals surface area contributed by atoms with Crippen molar-refractivity contribution in [3.05, 3.63) is 23.9 Å². The summed E-state index contributed by atoms with van der Waals surface area (Å²) in [4.78, 5) is 15.3. The van der Waals surface area contributed by atoms with Crippen molar-refractivity contribution in [2.75, 3.05) is 5.75 Å². The summed E-state index contributed by atoms with van der Waals surface area (Å²) in [5.41, 5.74) is -2.17. The van der Waals surface area contributed by atoms with E-state index in [9.17, 15) is 31.6 Å². The Bertz CT molecular complexity index is 777. The van der Waals surface area contributed by atoms with Gasteiger partial charge in [-0.15, -0.1) is 0 Å². The van der Waals surface area contributed by atoms with Crippen LogP contribution in [0.3, 0.4) is 0 Å². The first kappa shape index (κ1) is 19.2. The Hall–Kier alpha value is -2.15. The summed E-state index contributed by atoms with van der Waals surface area (Å²) in [5.74, 6) is -1.85. The minimum Gasteiger partial charge on any atom is -0.337 e. The first-order valence-corrected chi connectivity index (χ1v) is 9.21. The summed E-state index contributed by atoms with van der Waals surface area (Å²) >= 11 is 0. The molecule has 6 nitrogen and oxygen atoms in total. The maximum Gasteiger partial charge on any atom is 0.417 e. The summed E-state index contributed by atoms with van der Waals surface area (Å²) in [7, 11) is -4.21. The molecular formula is C15H16F3N3O3S. The van der Waals surface area contributed by atoms with E-state index >= 15 is 0 Å². The Labute approximate surface area is 143 Å². The lowest BCUT2D eigenvalue weighted by Crippen LogP contribution is -2.50. The molecule has 1 aromatic rings. The fourth-order valence-corrected chi connectivity index (χ4v) is 3.76. The minimum absolute atomic E-state index is 0.405. The van der Waals surface area contributed by atoms with Gasteiger partial charge in [0.25, 0.3) is 0 Å². The Morgan fingerprint density at radius 1 is 1.28 bits per heavy atom. The van der Waals surface area contributed by atoms with Crippen molar-refractivity contribution < 1.29 is 26.4 Å². The number of sulfone groups is 1. The molecule has 1 aliphatic rings. The molecule has 0 unspecified atom stereocenters. The van der Waals surface area contributed by atoms with Crippen molar-refractivity contribution in [3.8, 4) is 6.07 Å². The van der Waals surface area contributed by atoms with Gasteiger partial charge in [0.15, 0.2) is 5.03 Å². The number of carbonyl (C=O) groups is 1. The fourth-order valence-electron chi connectivity index (χ4n) is 2.70. The highest BCUT2D eigenvalue weighted by Crippen LogP contribution is 2.29. The van der Waals surface area contributed by atoms with E-state index in [-0.39, 0.29) is 0 Å². The molecule has 1 saturated carbocycles. The van der Waals surface area contributed by atoms with Gasteiger partial charge in [0, 0.05) is 6.20 Å². The van der Waals surface area contributed by atoms with Crippen molar-refractivity contribution in [1.29, 1.82) is 5.26 Å². The molecule has 0 spiro atoms. The largest absolute Gasteiger partial charge is 0.417 e. The van der Waals surface area contributed by atoms with Crippen LogP contribution in [-0.2, 0) is 20.8 Å². The Balaban J connectivity index is 2.10. The first-order chi connectivity index (χ1) is 11.6. The molecule has 1 heterocycles. The highest BCUT2D eigenvalue weighted by atomic mass is 32.2. The summed E-state index contributed by atoms with van der Waals surface area (Å²) in [5, 5.41) is 11.1. The number of halogens is 3. The van der Waals surface area contributed by atoms with Crippen LogP contribution in [0.15, 0.2) is 23.4 Å². The second-order valence-corrected chi connectivity index (χ2v) is 7.88. The highest BCUT2D eigenvalue weighted by Gasteiger charge is 2.35. The molecule has 0 atom stereocenters. The number of pyridine rings is 1. The smallest absolute Gasteiger partial charge is 0.337 e. The lowest BCUT2D eigenvalue weighted by atomic mass is 9.83. The number of nitriles is 1. The molecule has 0 aromatic carbocycles. The molecule has 1 aliphatic carbocycles. The number of hydrogen-bond acceptors (Lipinski definition) is 5. The molecule has 0 saturated heterocycles. The predicted molar refractivity (Wildman–Crippen MR) is 80.9 cm³/mol. The zero-order valence-electron chi connectivity index (χ0n) is 13.1. The van der Waals surface area contributed by atoms with E-state index in [1.54, 1.807) is 0 Å². The van der Waals surface area contributed by atoms with Gasteiger partial charge in [-0.1, -0.05) is 19.3 Å². The molecule has 0 radical (unpaired) electrons. The van der Waals surface area contributed by atoms with Gasteiger partial charge in [0.1, 0.15) is 11.3 Å². The van der Waals surface area contributed by atoms with Crippen LogP contribution in [0.25, 0.3) is 0 Å². The quantitative estimate of drug-likeness (QED) is 0.870. The van der Waals surface area contributed by atoms with Crippen LogP contribution in [-0.4, -0.2) is 30.6 Å². The summed E-state index contributed by atoms with van der Waals surface area (Å²) in [6.45, 7) is 0. The third-order valence-corrected chi connectivity index (χ3v) is 5.52. The van der Waals surface area contributed by atoms with Gasteiger partial charge in [0.05, 0.1) is 11.6 Å². The number of nitrogens with zero attached hydrogens (tertiary/aromatic N) is 2. The lowest BCUT2D eigenvalue weighted by Gasteiger charge is -2.31. The van der Waals surface area contributed by atoms with Crippen LogP contribution in [0.4, 0.5) is 13.2 Å². The van der Waals surface area contributed by atoms with Gasteiger partial charge in [-0.2, -0.15) is 18.4 Å². The average Bonchev–Trinajstić information content (AvgIpc) is 2.54. The average molecular weight is 375 g/mol. The van der Waals surface area contributed by atoms with Gasteiger partial charge in [0.2, 0.25) is 15.7 Å². The predicted octanol–water partition coefficient (Wildman–Crippen LogP) is 2.22. The van der Waals surface area contributed by atoms with Gasteiger partial charge in [-0.05, 0) is 25.0 Å². The number of hydrogen-bond donors (Lipinski definition) is 1. The molecular weight excluding hydrogens is 359 g/mol. The number of nitrogens with one attached hydrogen (secondary N) is 1. The molecule has 136 valence electrons. The number of amides is 1.